The third kappa shape index (κ3) is 9.64. The Balaban J connectivity index is 1.89. The van der Waals surface area contributed by atoms with Gasteiger partial charge in [-0.3, -0.25) is 13.9 Å². The number of amides is 2. The molecular weight excluding hydrogens is 597 g/mol. The molecule has 0 aliphatic rings. The Kier molecular flexibility index (Phi) is 12.5. The van der Waals surface area contributed by atoms with E-state index < -0.39 is 16.1 Å². The standard InChI is InChI=1S/C31H37Cl2N3O5S/c1-4-17-34-31(38)29(20-23-10-6-5-7-11-23)35(22-24-15-16-27(32)28(33)19-24)30(37)14-9-18-36(42(3,39)40)25-12-8-13-26(21-25)41-2/h5-8,10-13,15-16,19,21,29H,4,9,14,17-18,20,22H2,1-3H3,(H,34,38). The van der Waals surface area contributed by atoms with E-state index in [-0.39, 0.29) is 37.7 Å². The molecule has 1 N–H and O–H groups in total. The fraction of sp³-hybridized carbons (Fsp3) is 0.355. The van der Waals surface area contributed by atoms with E-state index in [1.54, 1.807) is 47.4 Å². The normalized spacial score (nSPS) is 11.9. The van der Waals surface area contributed by atoms with Crippen LogP contribution < -0.4 is 14.4 Å². The number of anilines is 1. The summed E-state index contributed by atoms with van der Waals surface area (Å²) in [4.78, 5) is 28.9. The number of hydrogen-bond acceptors (Lipinski definition) is 5. The van der Waals surface area contributed by atoms with Gasteiger partial charge in [-0.1, -0.05) is 72.6 Å². The number of nitrogens with one attached hydrogen (secondary N) is 1. The molecule has 0 bridgehead atoms. The van der Waals surface area contributed by atoms with Gasteiger partial charge >= 0.3 is 0 Å². The lowest BCUT2D eigenvalue weighted by atomic mass is 10.0. The van der Waals surface area contributed by atoms with Crippen LogP contribution in [0.25, 0.3) is 0 Å². The molecule has 8 nitrogen and oxygen atoms in total. The van der Waals surface area contributed by atoms with Gasteiger partial charge < -0.3 is 15.0 Å². The molecule has 3 aromatic carbocycles. The van der Waals surface area contributed by atoms with Crippen LogP contribution >= 0.6 is 23.2 Å². The number of methoxy groups -OCH3 is 1. The largest absolute Gasteiger partial charge is 0.497 e. The molecule has 0 fully saturated rings. The quantitative estimate of drug-likeness (QED) is 0.231. The average Bonchev–Trinajstić information content (AvgIpc) is 2.97. The number of hydrogen-bond donors (Lipinski definition) is 1. The van der Waals surface area contributed by atoms with E-state index in [4.69, 9.17) is 27.9 Å². The first-order valence-electron chi connectivity index (χ1n) is 13.7. The van der Waals surface area contributed by atoms with Crippen LogP contribution in [0.3, 0.4) is 0 Å². The zero-order valence-electron chi connectivity index (χ0n) is 24.1. The predicted molar refractivity (Wildman–Crippen MR) is 169 cm³/mol. The summed E-state index contributed by atoms with van der Waals surface area (Å²) in [6, 6.07) is 20.6. The lowest BCUT2D eigenvalue weighted by molar-refractivity contribution is -0.141. The summed E-state index contributed by atoms with van der Waals surface area (Å²) in [6.45, 7) is 2.63. The molecule has 0 saturated carbocycles. The maximum Gasteiger partial charge on any atom is 0.243 e. The molecular formula is C31H37Cl2N3O5S. The second-order valence-corrected chi connectivity index (χ2v) is 12.6. The lowest BCUT2D eigenvalue weighted by Gasteiger charge is -2.32. The minimum Gasteiger partial charge on any atom is -0.497 e. The molecule has 3 aromatic rings. The minimum atomic E-state index is -3.64. The molecule has 0 saturated heterocycles. The van der Waals surface area contributed by atoms with E-state index in [9.17, 15) is 18.0 Å². The van der Waals surface area contributed by atoms with Crippen molar-refractivity contribution in [3.63, 3.8) is 0 Å². The topological polar surface area (TPSA) is 96.0 Å². The van der Waals surface area contributed by atoms with Gasteiger partial charge in [0.1, 0.15) is 11.8 Å². The molecule has 42 heavy (non-hydrogen) atoms. The summed E-state index contributed by atoms with van der Waals surface area (Å²) in [5.41, 5.74) is 2.06. The maximum atomic E-state index is 13.9. The van der Waals surface area contributed by atoms with Crippen molar-refractivity contribution in [3.8, 4) is 5.75 Å². The van der Waals surface area contributed by atoms with Crippen molar-refractivity contribution in [2.75, 3.05) is 30.8 Å². The molecule has 226 valence electrons. The highest BCUT2D eigenvalue weighted by atomic mass is 35.5. The van der Waals surface area contributed by atoms with E-state index >= 15 is 0 Å². The van der Waals surface area contributed by atoms with E-state index in [1.165, 1.54) is 11.4 Å². The Morgan fingerprint density at radius 1 is 0.952 bits per heavy atom. The first kappa shape index (κ1) is 33.2. The Labute approximate surface area is 258 Å². The van der Waals surface area contributed by atoms with Gasteiger partial charge in [0.25, 0.3) is 0 Å². The van der Waals surface area contributed by atoms with Crippen LogP contribution in [0.4, 0.5) is 5.69 Å². The number of sulfonamides is 1. The minimum absolute atomic E-state index is 0.0175. The molecule has 0 aliphatic carbocycles. The van der Waals surface area contributed by atoms with Gasteiger partial charge in [-0.05, 0) is 48.2 Å². The van der Waals surface area contributed by atoms with Crippen LogP contribution in [0.1, 0.15) is 37.3 Å². The van der Waals surface area contributed by atoms with Crippen LogP contribution in [0.2, 0.25) is 10.0 Å². The zero-order valence-corrected chi connectivity index (χ0v) is 26.4. The maximum absolute atomic E-state index is 13.9. The number of carbonyl (C=O) groups excluding carboxylic acids is 2. The number of ether oxygens (including phenoxy) is 1. The van der Waals surface area contributed by atoms with Crippen molar-refractivity contribution >= 4 is 50.7 Å². The Hall–Kier alpha value is -3.27. The summed E-state index contributed by atoms with van der Waals surface area (Å²) in [6.07, 6.45) is 2.43. The highest BCUT2D eigenvalue weighted by Gasteiger charge is 2.30. The van der Waals surface area contributed by atoms with Gasteiger partial charge in [-0.15, -0.1) is 0 Å². The monoisotopic (exact) mass is 633 g/mol. The van der Waals surface area contributed by atoms with Crippen LogP contribution in [-0.2, 0) is 32.6 Å². The van der Waals surface area contributed by atoms with Gasteiger partial charge in [-0.2, -0.15) is 0 Å². The molecule has 0 aromatic heterocycles. The van der Waals surface area contributed by atoms with Crippen LogP contribution in [0.5, 0.6) is 5.75 Å². The van der Waals surface area contributed by atoms with Crippen molar-refractivity contribution in [1.82, 2.24) is 10.2 Å². The number of halogens is 2. The molecule has 2 amide bonds. The number of nitrogens with zero attached hydrogens (tertiary/aromatic N) is 2. The number of benzene rings is 3. The molecule has 3 rings (SSSR count). The smallest absolute Gasteiger partial charge is 0.243 e. The fourth-order valence-electron chi connectivity index (χ4n) is 4.52. The third-order valence-electron chi connectivity index (χ3n) is 6.65. The summed E-state index contributed by atoms with van der Waals surface area (Å²) in [5, 5.41) is 3.67. The van der Waals surface area contributed by atoms with Crippen LogP contribution in [0.15, 0.2) is 72.8 Å². The van der Waals surface area contributed by atoms with Crippen molar-refractivity contribution in [3.05, 3.63) is 94.0 Å². The SMILES string of the molecule is CCCNC(=O)C(Cc1ccccc1)N(Cc1ccc(Cl)c(Cl)c1)C(=O)CCCN(c1cccc(OC)c1)S(C)(=O)=O. The van der Waals surface area contributed by atoms with E-state index in [1.807, 2.05) is 37.3 Å². The first-order chi connectivity index (χ1) is 20.0. The Bertz CT molecular complexity index is 1450. The summed E-state index contributed by atoms with van der Waals surface area (Å²) in [5.74, 6) is -0.0251. The Morgan fingerprint density at radius 3 is 2.33 bits per heavy atom. The van der Waals surface area contributed by atoms with E-state index in [2.05, 4.69) is 5.32 Å². The molecule has 0 aliphatic heterocycles. The lowest BCUT2D eigenvalue weighted by Crippen LogP contribution is -2.50. The number of carbonyl (C=O) groups is 2. The van der Waals surface area contributed by atoms with Crippen molar-refractivity contribution in [2.45, 2.75) is 45.2 Å². The molecule has 0 radical (unpaired) electrons. The highest BCUT2D eigenvalue weighted by Crippen LogP contribution is 2.26. The van der Waals surface area contributed by atoms with Crippen molar-refractivity contribution in [1.29, 1.82) is 0 Å². The molecule has 1 atom stereocenters. The van der Waals surface area contributed by atoms with Crippen LogP contribution in [0, 0.1) is 0 Å². The molecule has 0 spiro atoms. The second kappa shape index (κ2) is 15.8. The van der Waals surface area contributed by atoms with Crippen molar-refractivity contribution < 1.29 is 22.7 Å². The van der Waals surface area contributed by atoms with Crippen LogP contribution in [-0.4, -0.2) is 57.6 Å². The third-order valence-corrected chi connectivity index (χ3v) is 8.58. The zero-order chi connectivity index (χ0) is 30.7. The molecule has 11 heteroatoms. The summed E-state index contributed by atoms with van der Waals surface area (Å²) < 4.78 is 31.8. The van der Waals surface area contributed by atoms with Gasteiger partial charge in [0, 0.05) is 38.5 Å². The van der Waals surface area contributed by atoms with Gasteiger partial charge in [0.05, 0.1) is 29.1 Å². The van der Waals surface area contributed by atoms with E-state index in [0.29, 0.717) is 40.0 Å². The fourth-order valence-corrected chi connectivity index (χ4v) is 5.80. The summed E-state index contributed by atoms with van der Waals surface area (Å²) >= 11 is 12.4. The first-order valence-corrected chi connectivity index (χ1v) is 16.3. The van der Waals surface area contributed by atoms with Gasteiger partial charge in [-0.25, -0.2) is 8.42 Å². The number of rotatable bonds is 15. The van der Waals surface area contributed by atoms with Gasteiger partial charge in [0.15, 0.2) is 0 Å². The van der Waals surface area contributed by atoms with Crippen molar-refractivity contribution in [2.24, 2.45) is 0 Å². The van der Waals surface area contributed by atoms with Gasteiger partial charge in [0.2, 0.25) is 21.8 Å². The van der Waals surface area contributed by atoms with E-state index in [0.717, 1.165) is 18.2 Å². The predicted octanol–water partition coefficient (Wildman–Crippen LogP) is 5.71. The Morgan fingerprint density at radius 2 is 1.69 bits per heavy atom. The summed E-state index contributed by atoms with van der Waals surface area (Å²) in [7, 11) is -2.13. The second-order valence-electron chi connectivity index (χ2n) is 9.91. The highest BCUT2D eigenvalue weighted by molar-refractivity contribution is 7.92. The molecule has 0 heterocycles. The average molecular weight is 635 g/mol. The molecule has 1 unspecified atom stereocenters.